The van der Waals surface area contributed by atoms with Crippen LogP contribution in [-0.4, -0.2) is 25.8 Å². The fourth-order valence-electron chi connectivity index (χ4n) is 7.61. The standard InChI is InChI=1S/C32H12BF24.C12H13N2O2S/c34-25(35,36)13-1-14(26(37,38)39)6-21(5-13)33(22-7-15(27(40,41)42)2-16(8-22)28(43,44)45,23-9-17(29(46,47)48)3-18(10-23)30(49,50)51)24-11-19(31(52,53)54)4-20(12-24)32(55,56)57;1-17(15,16)12-4-2-3-11(9-12)10-14-7-5-13-6-8-14/h1-12H;2-9H,10H2,1H3/q-1;+1. The van der Waals surface area contributed by atoms with Gasteiger partial charge in [-0.25, -0.2) is 8.42 Å². The molecule has 1 aromatic heterocycles. The first-order valence-corrected chi connectivity index (χ1v) is 21.6. The monoisotopic (exact) mass is 1110 g/mol. The molecule has 0 saturated heterocycles. The molecule has 0 spiro atoms. The number of halogens is 24. The second kappa shape index (κ2) is 19.7. The Morgan fingerprint density at radius 1 is 0.392 bits per heavy atom. The summed E-state index contributed by atoms with van der Waals surface area (Å²) in [7, 11) is -3.14. The third-order valence-corrected chi connectivity index (χ3v) is 11.9. The van der Waals surface area contributed by atoms with Crippen LogP contribution < -0.4 is 26.4 Å². The Morgan fingerprint density at radius 2 is 0.635 bits per heavy atom. The van der Waals surface area contributed by atoms with E-state index < -0.39 is 205 Å². The number of hydrogen-bond donors (Lipinski definition) is 0. The third-order valence-electron chi connectivity index (χ3n) is 10.8. The molecule has 30 heteroatoms. The highest BCUT2D eigenvalue weighted by Crippen LogP contribution is 2.41. The van der Waals surface area contributed by atoms with E-state index in [-0.39, 0.29) is 0 Å². The smallest absolute Gasteiger partial charge is 0.252 e. The summed E-state index contributed by atoms with van der Waals surface area (Å²) in [5.41, 5.74) is -29.3. The van der Waals surface area contributed by atoms with Crippen molar-refractivity contribution in [1.82, 2.24) is 4.98 Å². The largest absolute Gasteiger partial charge is 0.416 e. The van der Waals surface area contributed by atoms with Crippen molar-refractivity contribution >= 4 is 37.8 Å². The van der Waals surface area contributed by atoms with Crippen molar-refractivity contribution < 1.29 is 118 Å². The van der Waals surface area contributed by atoms with Gasteiger partial charge >= 0.3 is 49.4 Å². The molecule has 1 heterocycles. The average Bonchev–Trinajstić information content (AvgIpc) is 3.24. The summed E-state index contributed by atoms with van der Waals surface area (Å²) in [6.07, 6.45) is -46.5. The van der Waals surface area contributed by atoms with E-state index in [1.165, 1.54) is 6.26 Å². The zero-order chi connectivity index (χ0) is 56.2. The van der Waals surface area contributed by atoms with Crippen molar-refractivity contribution in [2.24, 2.45) is 0 Å². The van der Waals surface area contributed by atoms with Crippen LogP contribution >= 0.6 is 0 Å². The average molecular weight is 1110 g/mol. The van der Waals surface area contributed by atoms with Crippen molar-refractivity contribution in [3.8, 4) is 0 Å². The van der Waals surface area contributed by atoms with E-state index in [9.17, 15) is 114 Å². The van der Waals surface area contributed by atoms with Crippen molar-refractivity contribution in [2.45, 2.75) is 60.9 Å². The summed E-state index contributed by atoms with van der Waals surface area (Å²) in [5, 5.41) is 0. The lowest BCUT2D eigenvalue weighted by molar-refractivity contribution is -0.688. The molecule has 400 valence electrons. The van der Waals surface area contributed by atoms with E-state index in [0.717, 1.165) is 5.56 Å². The maximum absolute atomic E-state index is 14.2. The molecule has 74 heavy (non-hydrogen) atoms. The van der Waals surface area contributed by atoms with Gasteiger partial charge in [-0.15, -0.1) is 0 Å². The Labute approximate surface area is 399 Å². The Bertz CT molecular complexity index is 2680. The van der Waals surface area contributed by atoms with Gasteiger partial charge < -0.3 is 0 Å². The molecule has 0 saturated carbocycles. The minimum absolute atomic E-state index is 0.352. The molecule has 0 aliphatic rings. The van der Waals surface area contributed by atoms with Crippen LogP contribution in [0, 0.1) is 0 Å². The maximum Gasteiger partial charge on any atom is 0.416 e. The fourth-order valence-corrected chi connectivity index (χ4v) is 8.30. The van der Waals surface area contributed by atoms with Gasteiger partial charge in [0.1, 0.15) is 6.15 Å². The predicted molar refractivity (Wildman–Crippen MR) is 213 cm³/mol. The van der Waals surface area contributed by atoms with Gasteiger partial charge in [0.25, 0.3) is 0 Å². The lowest BCUT2D eigenvalue weighted by atomic mass is 9.12. The zero-order valence-electron chi connectivity index (χ0n) is 36.0. The first-order valence-electron chi connectivity index (χ1n) is 19.8. The van der Waals surface area contributed by atoms with Gasteiger partial charge in [0.05, 0.1) is 61.8 Å². The van der Waals surface area contributed by atoms with Crippen LogP contribution in [0.1, 0.15) is 50.1 Å². The number of sulfone groups is 1. The number of benzene rings is 5. The van der Waals surface area contributed by atoms with E-state index in [2.05, 4.69) is 4.98 Å². The molecule has 0 N–H and O–H groups in total. The van der Waals surface area contributed by atoms with Crippen molar-refractivity contribution in [2.75, 3.05) is 6.26 Å². The summed E-state index contributed by atoms with van der Waals surface area (Å²) in [5.74, 6) is 0. The van der Waals surface area contributed by atoms with Gasteiger partial charge in [0.15, 0.2) is 28.8 Å². The Hall–Kier alpha value is -6.49. The molecule has 5 aromatic carbocycles. The Morgan fingerprint density at radius 3 is 0.851 bits per heavy atom. The Balaban J connectivity index is 0.000000500. The van der Waals surface area contributed by atoms with Gasteiger partial charge in [-0.05, 0) is 36.4 Å². The van der Waals surface area contributed by atoms with E-state index in [0.29, 0.717) is 11.4 Å². The normalized spacial score (nSPS) is 13.6. The molecule has 6 rings (SSSR count). The van der Waals surface area contributed by atoms with E-state index >= 15 is 0 Å². The van der Waals surface area contributed by atoms with Gasteiger partial charge in [-0.3, -0.25) is 4.98 Å². The first kappa shape index (κ1) is 58.4. The van der Waals surface area contributed by atoms with Crippen molar-refractivity contribution in [3.05, 3.63) is 172 Å². The van der Waals surface area contributed by atoms with Crippen molar-refractivity contribution in [3.63, 3.8) is 0 Å². The minimum Gasteiger partial charge on any atom is -0.252 e. The lowest BCUT2D eigenvalue weighted by Gasteiger charge is -2.46. The predicted octanol–water partition coefficient (Wildman–Crippen LogP) is 12.0. The number of alkyl halides is 24. The van der Waals surface area contributed by atoms with Gasteiger partial charge in [-0.2, -0.15) is 132 Å². The SMILES string of the molecule is CS(=O)(=O)c1cccc(C[n+]2ccncc2)c1.FC(F)(F)c1cc([B-](c2cc(C(F)(F)F)cc(C(F)(F)F)c2)(c2cc(C(F)(F)F)cc(C(F)(F)F)c2)c2cc(C(F)(F)F)cc(C(F)(F)F)c2)cc(C(F)(F)F)c1. The van der Waals surface area contributed by atoms with E-state index in [4.69, 9.17) is 0 Å². The minimum atomic E-state index is -6.13. The topological polar surface area (TPSA) is 50.9 Å². The molecule has 6 aromatic rings. The molecule has 0 atom stereocenters. The van der Waals surface area contributed by atoms with E-state index in [1.807, 2.05) is 23.0 Å². The van der Waals surface area contributed by atoms with Crippen molar-refractivity contribution in [1.29, 1.82) is 0 Å². The van der Waals surface area contributed by atoms with Crippen LogP contribution in [0.3, 0.4) is 0 Å². The fraction of sp³-hybridized carbons (Fsp3) is 0.227. The second-order valence-corrected chi connectivity index (χ2v) is 18.1. The second-order valence-electron chi connectivity index (χ2n) is 16.1. The molecular formula is C44H25BF24N2O2S. The molecule has 0 unspecified atom stereocenters. The van der Waals surface area contributed by atoms with Gasteiger partial charge in [-0.1, -0.05) is 60.7 Å². The molecule has 0 fully saturated rings. The highest BCUT2D eigenvalue weighted by molar-refractivity contribution is 7.90. The number of rotatable bonds is 7. The van der Waals surface area contributed by atoms with Crippen LogP contribution in [0.4, 0.5) is 105 Å². The molecule has 4 nitrogen and oxygen atoms in total. The summed E-state index contributed by atoms with van der Waals surface area (Å²) < 4.78 is 366. The molecule has 0 aliphatic heterocycles. The molecule has 0 amide bonds. The third kappa shape index (κ3) is 13.6. The Kier molecular flexibility index (Phi) is 15.5. The zero-order valence-corrected chi connectivity index (χ0v) is 36.8. The highest BCUT2D eigenvalue weighted by Gasteiger charge is 2.47. The quantitative estimate of drug-likeness (QED) is 0.0909. The maximum atomic E-state index is 14.2. The molecule has 0 radical (unpaired) electrons. The molecule has 0 bridgehead atoms. The van der Waals surface area contributed by atoms with Crippen LogP contribution in [0.25, 0.3) is 0 Å². The number of aromatic nitrogens is 2. The number of nitrogens with zero attached hydrogens (tertiary/aromatic N) is 2. The van der Waals surface area contributed by atoms with Gasteiger partial charge in [0.2, 0.25) is 0 Å². The van der Waals surface area contributed by atoms with E-state index in [1.54, 1.807) is 30.6 Å². The lowest BCUT2D eigenvalue weighted by Crippen LogP contribution is -2.75. The summed E-state index contributed by atoms with van der Waals surface area (Å²) in [4.78, 5) is 4.28. The highest BCUT2D eigenvalue weighted by atomic mass is 32.2. The van der Waals surface area contributed by atoms with Gasteiger partial charge in [0, 0.05) is 11.8 Å². The van der Waals surface area contributed by atoms with Crippen LogP contribution in [0.5, 0.6) is 0 Å². The van der Waals surface area contributed by atoms with Crippen LogP contribution in [-0.2, 0) is 65.8 Å². The first-order chi connectivity index (χ1) is 33.3. The van der Waals surface area contributed by atoms with Crippen LogP contribution in [0.2, 0.25) is 0 Å². The summed E-state index contributed by atoms with van der Waals surface area (Å²) >= 11 is 0. The summed E-state index contributed by atoms with van der Waals surface area (Å²) in [6, 6.07) is -1.84. The molecular weight excluding hydrogens is 1090 g/mol. The number of hydrogen-bond acceptors (Lipinski definition) is 3. The molecule has 0 aliphatic carbocycles. The van der Waals surface area contributed by atoms with Crippen LogP contribution in [0.15, 0.2) is 127 Å². The summed E-state index contributed by atoms with van der Waals surface area (Å²) in [6.45, 7) is 0.631.